The first-order chi connectivity index (χ1) is 14.7. The molecule has 0 amide bonds. The number of non-ortho nitro benzene ring substituents is 1. The zero-order valence-electron chi connectivity index (χ0n) is 16.1. The monoisotopic (exact) mass is 404 g/mol. The summed E-state index contributed by atoms with van der Waals surface area (Å²) in [7, 11) is 0. The molecule has 152 valence electrons. The third-order valence-corrected chi connectivity index (χ3v) is 5.19. The van der Waals surface area contributed by atoms with Crippen molar-refractivity contribution in [3.8, 4) is 5.69 Å². The topological polar surface area (TPSA) is 100 Å². The number of benzene rings is 2. The van der Waals surface area contributed by atoms with Crippen LogP contribution in [0.5, 0.6) is 0 Å². The lowest BCUT2D eigenvalue weighted by atomic mass is 10.2. The maximum absolute atomic E-state index is 11.0. The van der Waals surface area contributed by atoms with E-state index in [0.29, 0.717) is 11.5 Å². The Morgan fingerprint density at radius 1 is 1.17 bits per heavy atom. The van der Waals surface area contributed by atoms with Gasteiger partial charge < -0.3 is 10.1 Å². The minimum Gasteiger partial charge on any atom is -0.356 e. The average Bonchev–Trinajstić information content (AvgIpc) is 3.41. The van der Waals surface area contributed by atoms with Crippen LogP contribution in [0.1, 0.15) is 25.5 Å². The molecule has 1 aliphatic rings. The molecule has 2 aromatic carbocycles. The van der Waals surface area contributed by atoms with Gasteiger partial charge in [0.25, 0.3) is 5.69 Å². The highest BCUT2D eigenvalue weighted by Gasteiger charge is 2.18. The van der Waals surface area contributed by atoms with Crippen LogP contribution in [0.25, 0.3) is 16.6 Å². The molecule has 0 bridgehead atoms. The number of nitrogens with one attached hydrogen (secondary N) is 1. The van der Waals surface area contributed by atoms with Gasteiger partial charge in [0, 0.05) is 42.1 Å². The maximum Gasteiger partial charge on any atom is 0.271 e. The minimum absolute atomic E-state index is 0.000636. The highest BCUT2D eigenvalue weighted by atomic mass is 16.6. The molecule has 1 fully saturated rings. The minimum atomic E-state index is -0.417. The van der Waals surface area contributed by atoms with Crippen LogP contribution in [0.15, 0.2) is 60.9 Å². The summed E-state index contributed by atoms with van der Waals surface area (Å²) >= 11 is 0. The lowest BCUT2D eigenvalue weighted by Crippen LogP contribution is -2.18. The molecule has 0 saturated carbocycles. The van der Waals surface area contributed by atoms with Crippen LogP contribution < -0.4 is 5.32 Å². The summed E-state index contributed by atoms with van der Waals surface area (Å²) in [6.07, 6.45) is 6.84. The van der Waals surface area contributed by atoms with Gasteiger partial charge in [-0.3, -0.25) is 10.1 Å². The van der Waals surface area contributed by atoms with E-state index in [0.717, 1.165) is 42.5 Å². The Kier molecular flexibility index (Phi) is 4.64. The first-order valence-electron chi connectivity index (χ1n) is 9.84. The number of hydrogen-bond acceptors (Lipinski definition) is 6. The van der Waals surface area contributed by atoms with Crippen molar-refractivity contribution in [2.45, 2.75) is 25.5 Å². The highest BCUT2D eigenvalue weighted by molar-refractivity contribution is 5.83. The first kappa shape index (κ1) is 18.3. The smallest absolute Gasteiger partial charge is 0.271 e. The normalized spacial score (nSPS) is 16.6. The van der Waals surface area contributed by atoms with Gasteiger partial charge in [-0.25, -0.2) is 9.36 Å². The maximum atomic E-state index is 11.0. The third kappa shape index (κ3) is 3.50. The number of nitrogens with zero attached hydrogens (tertiary/aromatic N) is 5. The van der Waals surface area contributed by atoms with E-state index in [-0.39, 0.29) is 11.9 Å². The van der Waals surface area contributed by atoms with Gasteiger partial charge in [0.2, 0.25) is 0 Å². The number of anilines is 2. The lowest BCUT2D eigenvalue weighted by molar-refractivity contribution is -0.384. The number of aromatic nitrogens is 4. The average molecular weight is 404 g/mol. The molecule has 1 saturated heterocycles. The fraction of sp³-hybridized carbons (Fsp3) is 0.238. The summed E-state index contributed by atoms with van der Waals surface area (Å²) in [6, 6.07) is 14.2. The van der Waals surface area contributed by atoms with Crippen LogP contribution in [0.2, 0.25) is 0 Å². The molecule has 0 radical (unpaired) electrons. The van der Waals surface area contributed by atoms with Crippen LogP contribution in [-0.2, 0) is 4.74 Å². The van der Waals surface area contributed by atoms with Crippen molar-refractivity contribution >= 4 is 28.1 Å². The van der Waals surface area contributed by atoms with E-state index in [1.54, 1.807) is 23.0 Å². The van der Waals surface area contributed by atoms with E-state index in [1.165, 1.54) is 12.1 Å². The van der Waals surface area contributed by atoms with Gasteiger partial charge in [0.1, 0.15) is 0 Å². The Hall–Kier alpha value is -3.72. The molecule has 1 N–H and O–H groups in total. The number of rotatable bonds is 5. The van der Waals surface area contributed by atoms with Crippen molar-refractivity contribution in [3.05, 3.63) is 71.0 Å². The number of hydrogen-bond donors (Lipinski definition) is 1. The van der Waals surface area contributed by atoms with Gasteiger partial charge in [-0.15, -0.1) is 0 Å². The summed E-state index contributed by atoms with van der Waals surface area (Å²) < 4.78 is 9.41. The molecule has 1 unspecified atom stereocenters. The van der Waals surface area contributed by atoms with Crippen LogP contribution in [0, 0.1) is 10.1 Å². The van der Waals surface area contributed by atoms with Crippen molar-refractivity contribution in [1.82, 2.24) is 19.6 Å². The molecule has 1 atom stereocenters. The quantitative estimate of drug-likeness (QED) is 0.386. The highest BCUT2D eigenvalue weighted by Crippen LogP contribution is 2.28. The zero-order valence-corrected chi connectivity index (χ0v) is 16.1. The molecule has 9 nitrogen and oxygen atoms in total. The van der Waals surface area contributed by atoms with E-state index in [1.807, 2.05) is 35.1 Å². The molecule has 4 aromatic rings. The second-order valence-corrected chi connectivity index (χ2v) is 7.23. The van der Waals surface area contributed by atoms with Gasteiger partial charge in [0.05, 0.1) is 22.3 Å². The van der Waals surface area contributed by atoms with Crippen LogP contribution in [0.3, 0.4) is 0 Å². The fourth-order valence-corrected chi connectivity index (χ4v) is 3.71. The molecule has 30 heavy (non-hydrogen) atoms. The fourth-order valence-electron chi connectivity index (χ4n) is 3.71. The zero-order chi connectivity index (χ0) is 20.5. The van der Waals surface area contributed by atoms with E-state index < -0.39 is 4.92 Å². The number of fused-ring (bicyclic) bond motifs is 1. The summed E-state index contributed by atoms with van der Waals surface area (Å²) in [5.74, 6) is 0.642. The predicted octanol–water partition coefficient (Wildman–Crippen LogP) is 4.57. The third-order valence-electron chi connectivity index (χ3n) is 5.19. The molecule has 1 aliphatic heterocycles. The molecule has 0 aliphatic carbocycles. The number of ether oxygens (including phenoxy) is 1. The lowest BCUT2D eigenvalue weighted by Gasteiger charge is -2.23. The Morgan fingerprint density at radius 2 is 2.10 bits per heavy atom. The molecular formula is C21H20N6O3. The molecule has 3 heterocycles. The Bertz CT molecular complexity index is 1210. The van der Waals surface area contributed by atoms with E-state index in [9.17, 15) is 10.1 Å². The number of nitro benzene ring substituents is 1. The molecule has 5 rings (SSSR count). The van der Waals surface area contributed by atoms with Gasteiger partial charge in [-0.05, 0) is 43.5 Å². The van der Waals surface area contributed by atoms with Crippen molar-refractivity contribution < 1.29 is 9.66 Å². The summed E-state index contributed by atoms with van der Waals surface area (Å²) in [5, 5.41) is 24.3. The molecule has 2 aromatic heterocycles. The van der Waals surface area contributed by atoms with Gasteiger partial charge in [-0.2, -0.15) is 10.2 Å². The van der Waals surface area contributed by atoms with Crippen LogP contribution in [0.4, 0.5) is 17.2 Å². The Balaban J connectivity index is 1.36. The Morgan fingerprint density at radius 3 is 2.93 bits per heavy atom. The van der Waals surface area contributed by atoms with Crippen molar-refractivity contribution in [3.63, 3.8) is 0 Å². The summed E-state index contributed by atoms with van der Waals surface area (Å²) in [4.78, 5) is 10.6. The van der Waals surface area contributed by atoms with Crippen LogP contribution in [-0.4, -0.2) is 31.1 Å². The summed E-state index contributed by atoms with van der Waals surface area (Å²) in [6.45, 7) is 0.777. The first-order valence-corrected chi connectivity index (χ1v) is 9.84. The summed E-state index contributed by atoms with van der Waals surface area (Å²) in [5.41, 5.74) is 2.58. The van der Waals surface area contributed by atoms with Crippen molar-refractivity contribution in [2.24, 2.45) is 0 Å². The van der Waals surface area contributed by atoms with Gasteiger partial charge in [-0.1, -0.05) is 6.07 Å². The number of nitro groups is 1. The van der Waals surface area contributed by atoms with Crippen LogP contribution >= 0.6 is 0 Å². The predicted molar refractivity (Wildman–Crippen MR) is 112 cm³/mol. The molecule has 9 heteroatoms. The Labute approximate surface area is 172 Å². The second-order valence-electron chi connectivity index (χ2n) is 7.23. The van der Waals surface area contributed by atoms with E-state index in [4.69, 9.17) is 4.74 Å². The van der Waals surface area contributed by atoms with Crippen molar-refractivity contribution in [1.29, 1.82) is 0 Å². The van der Waals surface area contributed by atoms with Crippen molar-refractivity contribution in [2.75, 3.05) is 11.9 Å². The standard InChI is InChI=1S/C21H20N6O3/c28-27(29)18-5-3-4-17(13-18)25-10-9-20(24-25)23-16-7-8-19-15(12-16)14-22-26(19)21-6-1-2-11-30-21/h3-5,7-10,12-14,21H,1-2,6,11H2,(H,23,24). The molecular weight excluding hydrogens is 384 g/mol. The van der Waals surface area contributed by atoms with Gasteiger partial charge in [0.15, 0.2) is 12.0 Å². The van der Waals surface area contributed by atoms with E-state index >= 15 is 0 Å². The van der Waals surface area contributed by atoms with Gasteiger partial charge >= 0.3 is 0 Å². The van der Waals surface area contributed by atoms with E-state index in [2.05, 4.69) is 15.5 Å². The molecule has 0 spiro atoms. The largest absolute Gasteiger partial charge is 0.356 e. The SMILES string of the molecule is O=[N+]([O-])c1cccc(-n2ccc(Nc3ccc4c(cnn4C4CCCCO4)c3)n2)c1. The second kappa shape index (κ2) is 7.60.